The van der Waals surface area contributed by atoms with Crippen molar-refractivity contribution in [3.63, 3.8) is 0 Å². The molecule has 144 valence electrons. The van der Waals surface area contributed by atoms with E-state index in [9.17, 15) is 9.59 Å². The zero-order valence-electron chi connectivity index (χ0n) is 15.0. The van der Waals surface area contributed by atoms with E-state index >= 15 is 0 Å². The van der Waals surface area contributed by atoms with E-state index in [1.807, 2.05) is 36.1 Å². The van der Waals surface area contributed by atoms with Crippen LogP contribution in [0.15, 0.2) is 36.4 Å². The van der Waals surface area contributed by atoms with Crippen LogP contribution in [0.2, 0.25) is 10.0 Å². The highest BCUT2D eigenvalue weighted by Crippen LogP contribution is 2.20. The van der Waals surface area contributed by atoms with Gasteiger partial charge in [-0.25, -0.2) is 4.79 Å². The first-order valence-electron chi connectivity index (χ1n) is 8.57. The third-order valence-corrected chi connectivity index (χ3v) is 5.41. The maximum absolute atomic E-state index is 11.4. The molecule has 1 amide bonds. The first-order valence-corrected chi connectivity index (χ1v) is 10.1. The molecule has 7 heteroatoms. The monoisotopic (exact) mass is 425 g/mol. The molecular weight excluding hydrogens is 405 g/mol. The number of allylic oxidation sites excluding steroid dienone is 1. The van der Waals surface area contributed by atoms with Crippen LogP contribution in [-0.2, 0) is 11.2 Å². The van der Waals surface area contributed by atoms with E-state index in [1.54, 1.807) is 18.2 Å². The van der Waals surface area contributed by atoms with Crippen molar-refractivity contribution < 1.29 is 14.7 Å². The fourth-order valence-electron chi connectivity index (χ4n) is 2.68. The second-order valence-electron chi connectivity index (χ2n) is 6.02. The molecule has 0 saturated carbocycles. The number of carbonyl (C=O) groups is 2. The van der Waals surface area contributed by atoms with E-state index in [0.717, 1.165) is 36.4 Å². The standard InChI is InChI=1S/C12H13Cl2NO.C8H8O2S/c13-10-6-9(7-11(14)8-10)3-5-15-4-1-2-12(15)16;1-2-3-6-4-5-7(11-6)8(9)10/h6-8H,1-5H2;2-5H,1H3,(H,9,10)/b;3-2+. The Morgan fingerprint density at radius 3 is 2.48 bits per heavy atom. The largest absolute Gasteiger partial charge is 0.477 e. The zero-order valence-corrected chi connectivity index (χ0v) is 17.3. The second kappa shape index (κ2) is 10.5. The molecule has 0 unspecified atom stereocenters. The van der Waals surface area contributed by atoms with Gasteiger partial charge in [-0.05, 0) is 61.7 Å². The topological polar surface area (TPSA) is 57.6 Å². The Bertz CT molecular complexity index is 812. The summed E-state index contributed by atoms with van der Waals surface area (Å²) >= 11 is 13.1. The first-order chi connectivity index (χ1) is 12.9. The first kappa shape index (κ1) is 21.5. The van der Waals surface area contributed by atoms with Crippen LogP contribution >= 0.6 is 34.5 Å². The number of hydrogen-bond acceptors (Lipinski definition) is 3. The highest BCUT2D eigenvalue weighted by Gasteiger charge is 2.19. The minimum absolute atomic E-state index is 0.258. The van der Waals surface area contributed by atoms with Crippen molar-refractivity contribution in [1.82, 2.24) is 4.90 Å². The molecule has 4 nitrogen and oxygen atoms in total. The number of carbonyl (C=O) groups excluding carboxylic acids is 1. The van der Waals surface area contributed by atoms with Crippen molar-refractivity contribution >= 4 is 52.5 Å². The molecule has 1 saturated heterocycles. The van der Waals surface area contributed by atoms with Crippen molar-refractivity contribution in [2.75, 3.05) is 13.1 Å². The van der Waals surface area contributed by atoms with E-state index in [0.29, 0.717) is 21.3 Å². The van der Waals surface area contributed by atoms with E-state index < -0.39 is 5.97 Å². The summed E-state index contributed by atoms with van der Waals surface area (Å²) in [7, 11) is 0. The quantitative estimate of drug-likeness (QED) is 0.674. The molecule has 0 aliphatic carbocycles. The fraction of sp³-hybridized carbons (Fsp3) is 0.300. The molecule has 0 radical (unpaired) electrons. The van der Waals surface area contributed by atoms with Crippen molar-refractivity contribution in [1.29, 1.82) is 0 Å². The molecule has 27 heavy (non-hydrogen) atoms. The fourth-order valence-corrected chi connectivity index (χ4v) is 4.07. The lowest BCUT2D eigenvalue weighted by atomic mass is 10.1. The van der Waals surface area contributed by atoms with Crippen LogP contribution in [0.5, 0.6) is 0 Å². The average molecular weight is 426 g/mol. The van der Waals surface area contributed by atoms with Gasteiger partial charge in [-0.3, -0.25) is 4.79 Å². The van der Waals surface area contributed by atoms with Gasteiger partial charge in [0.15, 0.2) is 0 Å². The Morgan fingerprint density at radius 2 is 1.96 bits per heavy atom. The molecule has 0 spiro atoms. The van der Waals surface area contributed by atoms with Gasteiger partial charge >= 0.3 is 5.97 Å². The zero-order chi connectivity index (χ0) is 19.8. The van der Waals surface area contributed by atoms with Crippen molar-refractivity contribution in [3.8, 4) is 0 Å². The third kappa shape index (κ3) is 7.01. The molecule has 1 aliphatic heterocycles. The highest BCUT2D eigenvalue weighted by molar-refractivity contribution is 7.14. The van der Waals surface area contributed by atoms with E-state index in [-0.39, 0.29) is 5.91 Å². The minimum atomic E-state index is -0.856. The number of amides is 1. The van der Waals surface area contributed by atoms with Gasteiger partial charge in [-0.1, -0.05) is 29.3 Å². The van der Waals surface area contributed by atoms with Crippen LogP contribution in [0.4, 0.5) is 0 Å². The summed E-state index contributed by atoms with van der Waals surface area (Å²) in [5, 5.41) is 9.85. The SMILES string of the molecule is C/C=C/c1ccc(C(=O)O)s1.O=C1CCCN1CCc1cc(Cl)cc(Cl)c1. The number of nitrogens with zero attached hydrogens (tertiary/aromatic N) is 1. The van der Waals surface area contributed by atoms with Gasteiger partial charge in [0.25, 0.3) is 0 Å². The number of thiophene rings is 1. The summed E-state index contributed by atoms with van der Waals surface area (Å²) in [6.07, 6.45) is 6.26. The second-order valence-corrected chi connectivity index (χ2v) is 8.01. The highest BCUT2D eigenvalue weighted by atomic mass is 35.5. The molecule has 2 heterocycles. The van der Waals surface area contributed by atoms with Crippen LogP contribution in [0, 0.1) is 0 Å². The number of aromatic carboxylic acids is 1. The van der Waals surface area contributed by atoms with Crippen molar-refractivity contribution in [2.24, 2.45) is 0 Å². The van der Waals surface area contributed by atoms with Crippen LogP contribution in [-0.4, -0.2) is 35.0 Å². The summed E-state index contributed by atoms with van der Waals surface area (Å²) in [5.41, 5.74) is 1.08. The summed E-state index contributed by atoms with van der Waals surface area (Å²) in [4.78, 5) is 25.1. The molecule has 2 aromatic rings. The van der Waals surface area contributed by atoms with Gasteiger partial charge in [-0.15, -0.1) is 11.3 Å². The van der Waals surface area contributed by atoms with Crippen LogP contribution < -0.4 is 0 Å². The molecule has 0 atom stereocenters. The summed E-state index contributed by atoms with van der Waals surface area (Å²) < 4.78 is 0. The Labute approximate surface area is 173 Å². The Morgan fingerprint density at radius 1 is 1.26 bits per heavy atom. The normalized spacial score (nSPS) is 13.7. The van der Waals surface area contributed by atoms with Gasteiger partial charge in [0.1, 0.15) is 4.88 Å². The predicted molar refractivity (Wildman–Crippen MR) is 112 cm³/mol. The maximum Gasteiger partial charge on any atom is 0.345 e. The number of carboxylic acids is 1. The maximum atomic E-state index is 11.4. The number of likely N-dealkylation sites (tertiary alicyclic amines) is 1. The van der Waals surface area contributed by atoms with Crippen molar-refractivity contribution in [3.05, 3.63) is 61.8 Å². The summed E-state index contributed by atoms with van der Waals surface area (Å²) in [5.74, 6) is -0.598. The molecular formula is C20H21Cl2NO3S. The Kier molecular flexibility index (Phi) is 8.35. The lowest BCUT2D eigenvalue weighted by Gasteiger charge is -2.15. The molecule has 0 bridgehead atoms. The summed E-state index contributed by atoms with van der Waals surface area (Å²) in [6.45, 7) is 3.54. The van der Waals surface area contributed by atoms with Gasteiger partial charge < -0.3 is 10.0 Å². The van der Waals surface area contributed by atoms with Gasteiger partial charge in [0.2, 0.25) is 5.91 Å². The van der Waals surface area contributed by atoms with E-state index in [4.69, 9.17) is 28.3 Å². The number of halogens is 2. The van der Waals surface area contributed by atoms with Gasteiger partial charge in [-0.2, -0.15) is 0 Å². The van der Waals surface area contributed by atoms with Crippen LogP contribution in [0.25, 0.3) is 6.08 Å². The molecule has 1 N–H and O–H groups in total. The minimum Gasteiger partial charge on any atom is -0.477 e. The van der Waals surface area contributed by atoms with Gasteiger partial charge in [0.05, 0.1) is 0 Å². The molecule has 1 aliphatic rings. The molecule has 1 aromatic heterocycles. The summed E-state index contributed by atoms with van der Waals surface area (Å²) in [6, 6.07) is 8.92. The predicted octanol–water partition coefficient (Wildman–Crippen LogP) is 5.64. The van der Waals surface area contributed by atoms with Crippen molar-refractivity contribution in [2.45, 2.75) is 26.2 Å². The third-order valence-electron chi connectivity index (χ3n) is 3.93. The van der Waals surface area contributed by atoms with Crippen LogP contribution in [0.1, 0.15) is 39.9 Å². The number of rotatable bonds is 5. The number of benzene rings is 1. The Balaban J connectivity index is 0.000000208. The Hall–Kier alpha value is -1.82. The lowest BCUT2D eigenvalue weighted by Crippen LogP contribution is -2.26. The molecule has 1 fully saturated rings. The molecule has 3 rings (SSSR count). The molecule has 1 aromatic carbocycles. The van der Waals surface area contributed by atoms with E-state index in [1.165, 1.54) is 11.3 Å². The van der Waals surface area contributed by atoms with Crippen LogP contribution in [0.3, 0.4) is 0 Å². The smallest absolute Gasteiger partial charge is 0.345 e. The number of carboxylic acid groups (broad SMARTS) is 1. The lowest BCUT2D eigenvalue weighted by molar-refractivity contribution is -0.127. The number of hydrogen-bond donors (Lipinski definition) is 1. The van der Waals surface area contributed by atoms with E-state index in [2.05, 4.69) is 0 Å². The van der Waals surface area contributed by atoms with Gasteiger partial charge in [0, 0.05) is 34.4 Å². The average Bonchev–Trinajstić information content (AvgIpc) is 3.22.